The Kier molecular flexibility index (Phi) is 5.07. The molecule has 0 aromatic carbocycles. The molecular weight excluding hydrogens is 330 g/mol. The first-order valence-electron chi connectivity index (χ1n) is 7.74. The van der Waals surface area contributed by atoms with Gasteiger partial charge in [0.05, 0.1) is 17.1 Å². The average molecular weight is 349 g/mol. The van der Waals surface area contributed by atoms with Crippen molar-refractivity contribution in [1.29, 1.82) is 0 Å². The van der Waals surface area contributed by atoms with E-state index in [0.717, 1.165) is 28.4 Å². The second kappa shape index (κ2) is 7.23. The molecule has 0 saturated carbocycles. The second-order valence-electron chi connectivity index (χ2n) is 5.44. The molecule has 0 radical (unpaired) electrons. The molecule has 0 spiro atoms. The van der Waals surface area contributed by atoms with Crippen LogP contribution in [0.25, 0.3) is 9.88 Å². The molecule has 1 aliphatic heterocycles. The van der Waals surface area contributed by atoms with E-state index in [1.54, 1.807) is 27.6 Å². The van der Waals surface area contributed by atoms with E-state index in [4.69, 9.17) is 0 Å². The Morgan fingerprint density at radius 1 is 1.43 bits per heavy atom. The number of nitrogens with zero attached hydrogens (tertiary/aromatic N) is 2. The zero-order valence-electron chi connectivity index (χ0n) is 12.9. The topological polar surface area (TPSA) is 62.3 Å². The molecule has 2 aromatic heterocycles. The van der Waals surface area contributed by atoms with Crippen molar-refractivity contribution in [3.05, 3.63) is 28.6 Å². The van der Waals surface area contributed by atoms with Crippen LogP contribution in [-0.4, -0.2) is 34.3 Å². The summed E-state index contributed by atoms with van der Waals surface area (Å²) in [5.74, 6) is -0.0220. The third-order valence-corrected chi connectivity index (χ3v) is 5.84. The average Bonchev–Trinajstić information content (AvgIpc) is 3.32. The minimum Gasteiger partial charge on any atom is -0.349 e. The molecule has 1 saturated heterocycles. The molecule has 2 aromatic rings. The van der Waals surface area contributed by atoms with Crippen LogP contribution in [0.1, 0.15) is 31.9 Å². The van der Waals surface area contributed by atoms with Crippen LogP contribution in [-0.2, 0) is 16.1 Å². The van der Waals surface area contributed by atoms with Gasteiger partial charge in [0.2, 0.25) is 11.8 Å². The summed E-state index contributed by atoms with van der Waals surface area (Å²) in [6.07, 6.45) is 2.08. The Morgan fingerprint density at radius 3 is 3.04 bits per heavy atom. The van der Waals surface area contributed by atoms with Crippen molar-refractivity contribution >= 4 is 34.5 Å². The van der Waals surface area contributed by atoms with E-state index in [0.29, 0.717) is 19.5 Å². The molecule has 1 N–H and O–H groups in total. The van der Waals surface area contributed by atoms with Gasteiger partial charge in [0.15, 0.2) is 0 Å². The summed E-state index contributed by atoms with van der Waals surface area (Å²) in [6.45, 7) is 2.92. The summed E-state index contributed by atoms with van der Waals surface area (Å²) in [4.78, 5) is 31.6. The number of carbonyl (C=O) groups excluding carboxylic acids is 2. The van der Waals surface area contributed by atoms with Crippen molar-refractivity contribution in [1.82, 2.24) is 15.2 Å². The van der Waals surface area contributed by atoms with Gasteiger partial charge in [-0.2, -0.15) is 0 Å². The first kappa shape index (κ1) is 16.1. The first-order valence-corrected chi connectivity index (χ1v) is 9.50. The summed E-state index contributed by atoms with van der Waals surface area (Å²) in [7, 11) is 0. The number of likely N-dealkylation sites (tertiary alicyclic amines) is 1. The lowest BCUT2D eigenvalue weighted by Crippen LogP contribution is -2.45. The predicted molar refractivity (Wildman–Crippen MR) is 92.3 cm³/mol. The van der Waals surface area contributed by atoms with Gasteiger partial charge < -0.3 is 10.2 Å². The largest absolute Gasteiger partial charge is 0.349 e. The number of hydrogen-bond acceptors (Lipinski definition) is 5. The van der Waals surface area contributed by atoms with Crippen LogP contribution in [0, 0.1) is 0 Å². The standard InChI is InChI=1S/C16H19N3O2S2/c1-2-14(20)19-7-3-5-12(19)15(21)17-9-11-10-23-16(18-11)13-6-4-8-22-13/h4,6,8,10,12H,2-3,5,7,9H2,1H3,(H,17,21). The van der Waals surface area contributed by atoms with E-state index in [-0.39, 0.29) is 17.9 Å². The number of nitrogens with one attached hydrogen (secondary N) is 1. The lowest BCUT2D eigenvalue weighted by atomic mass is 10.2. The van der Waals surface area contributed by atoms with Gasteiger partial charge in [0, 0.05) is 18.3 Å². The molecule has 2 amide bonds. The molecule has 1 unspecified atom stereocenters. The molecule has 3 rings (SSSR count). The van der Waals surface area contributed by atoms with Crippen molar-refractivity contribution in [3.63, 3.8) is 0 Å². The molecule has 0 aliphatic carbocycles. The van der Waals surface area contributed by atoms with E-state index in [9.17, 15) is 9.59 Å². The summed E-state index contributed by atoms with van der Waals surface area (Å²) in [6, 6.07) is 3.72. The quantitative estimate of drug-likeness (QED) is 0.903. The van der Waals surface area contributed by atoms with Crippen LogP contribution in [0.2, 0.25) is 0 Å². The summed E-state index contributed by atoms with van der Waals surface area (Å²) in [5, 5.41) is 7.90. The van der Waals surface area contributed by atoms with Crippen LogP contribution in [0.4, 0.5) is 0 Å². The van der Waals surface area contributed by atoms with Crippen LogP contribution >= 0.6 is 22.7 Å². The van der Waals surface area contributed by atoms with Crippen LogP contribution < -0.4 is 5.32 Å². The summed E-state index contributed by atoms with van der Waals surface area (Å²) < 4.78 is 0. The lowest BCUT2D eigenvalue weighted by molar-refractivity contribution is -0.138. The van der Waals surface area contributed by atoms with Crippen molar-refractivity contribution < 1.29 is 9.59 Å². The fourth-order valence-corrected chi connectivity index (χ4v) is 4.37. The maximum Gasteiger partial charge on any atom is 0.243 e. The smallest absolute Gasteiger partial charge is 0.243 e. The Balaban J connectivity index is 1.58. The predicted octanol–water partition coefficient (Wildman–Crippen LogP) is 2.89. The van der Waals surface area contributed by atoms with Crippen molar-refractivity contribution in [2.45, 2.75) is 38.8 Å². The molecule has 3 heterocycles. The van der Waals surface area contributed by atoms with Crippen molar-refractivity contribution in [2.24, 2.45) is 0 Å². The molecule has 7 heteroatoms. The minimum absolute atomic E-state index is 0.0521. The zero-order valence-corrected chi connectivity index (χ0v) is 14.6. The normalized spacial score (nSPS) is 17.4. The molecule has 23 heavy (non-hydrogen) atoms. The fourth-order valence-electron chi connectivity index (χ4n) is 2.74. The Hall–Kier alpha value is -1.73. The number of carbonyl (C=O) groups is 2. The monoisotopic (exact) mass is 349 g/mol. The van der Waals surface area contributed by atoms with E-state index >= 15 is 0 Å². The van der Waals surface area contributed by atoms with Crippen molar-refractivity contribution in [3.8, 4) is 9.88 Å². The van der Waals surface area contributed by atoms with E-state index in [1.807, 2.05) is 29.8 Å². The van der Waals surface area contributed by atoms with Crippen molar-refractivity contribution in [2.75, 3.05) is 6.54 Å². The Bertz CT molecular complexity index is 681. The van der Waals surface area contributed by atoms with E-state index in [1.165, 1.54) is 0 Å². The molecule has 0 bridgehead atoms. The van der Waals surface area contributed by atoms with E-state index < -0.39 is 0 Å². The van der Waals surface area contributed by atoms with E-state index in [2.05, 4.69) is 10.3 Å². The van der Waals surface area contributed by atoms with Gasteiger partial charge in [-0.15, -0.1) is 22.7 Å². The molecule has 1 atom stereocenters. The first-order chi connectivity index (χ1) is 11.2. The fraction of sp³-hybridized carbons (Fsp3) is 0.438. The third kappa shape index (κ3) is 3.61. The summed E-state index contributed by atoms with van der Waals surface area (Å²) in [5.41, 5.74) is 0.859. The number of thiazole rings is 1. The zero-order chi connectivity index (χ0) is 16.2. The number of amides is 2. The Labute approximate surface area is 143 Å². The van der Waals surface area contributed by atoms with Gasteiger partial charge >= 0.3 is 0 Å². The number of thiophene rings is 1. The van der Waals surface area contributed by atoms with Gasteiger partial charge in [0.1, 0.15) is 11.0 Å². The van der Waals surface area contributed by atoms with Gasteiger partial charge in [-0.25, -0.2) is 4.98 Å². The maximum absolute atomic E-state index is 12.4. The van der Waals surface area contributed by atoms with Gasteiger partial charge in [-0.3, -0.25) is 9.59 Å². The number of rotatable bonds is 5. The highest BCUT2D eigenvalue weighted by Crippen LogP contribution is 2.27. The summed E-state index contributed by atoms with van der Waals surface area (Å²) >= 11 is 3.24. The van der Waals surface area contributed by atoms with Crippen LogP contribution in [0.5, 0.6) is 0 Å². The van der Waals surface area contributed by atoms with Gasteiger partial charge in [-0.05, 0) is 24.3 Å². The number of hydrogen-bond donors (Lipinski definition) is 1. The third-order valence-electron chi connectivity index (χ3n) is 3.91. The minimum atomic E-state index is -0.321. The SMILES string of the molecule is CCC(=O)N1CCCC1C(=O)NCc1csc(-c2cccs2)n1. The lowest BCUT2D eigenvalue weighted by Gasteiger charge is -2.23. The Morgan fingerprint density at radius 2 is 2.30 bits per heavy atom. The molecule has 122 valence electrons. The molecule has 1 fully saturated rings. The highest BCUT2D eigenvalue weighted by Gasteiger charge is 2.33. The van der Waals surface area contributed by atoms with Gasteiger partial charge in [0.25, 0.3) is 0 Å². The van der Waals surface area contributed by atoms with Crippen LogP contribution in [0.3, 0.4) is 0 Å². The van der Waals surface area contributed by atoms with Gasteiger partial charge in [-0.1, -0.05) is 13.0 Å². The molecule has 5 nitrogen and oxygen atoms in total. The maximum atomic E-state index is 12.4. The number of aromatic nitrogens is 1. The highest BCUT2D eigenvalue weighted by molar-refractivity contribution is 7.20. The van der Waals surface area contributed by atoms with Crippen LogP contribution in [0.15, 0.2) is 22.9 Å². The second-order valence-corrected chi connectivity index (χ2v) is 7.24. The molecular formula is C16H19N3O2S2. The molecule has 1 aliphatic rings. The highest BCUT2D eigenvalue weighted by atomic mass is 32.1.